The fraction of sp³-hybridized carbons (Fsp3) is 0.368. The molecule has 0 aliphatic carbocycles. The van der Waals surface area contributed by atoms with Crippen LogP contribution in [0.25, 0.3) is 0 Å². The molecule has 2 aliphatic rings. The summed E-state index contributed by atoms with van der Waals surface area (Å²) in [7, 11) is -3.65. The lowest BCUT2D eigenvalue weighted by molar-refractivity contribution is 0.143. The molecular weight excluding hydrogens is 372 g/mol. The van der Waals surface area contributed by atoms with Crippen molar-refractivity contribution in [2.75, 3.05) is 23.9 Å². The second-order valence-corrected chi connectivity index (χ2v) is 9.68. The molecule has 2 atom stereocenters. The number of nitrogens with zero attached hydrogens (tertiary/aromatic N) is 2. The van der Waals surface area contributed by atoms with E-state index in [0.29, 0.717) is 36.8 Å². The molecule has 7 heteroatoms. The number of likely N-dealkylation sites (tertiary alicyclic amines) is 1. The standard InChI is InChI=1S/C19H21ClN2O3S/c20-16-6-4-5-15(11-16)12-21-10-9-19(14-21)18(23)13-22(26(19,24)25)17-7-2-1-3-8-17/h1-8,11,18,23H,9-10,12-14H2/t18-,19?/m0/s1. The van der Waals surface area contributed by atoms with Gasteiger partial charge >= 0.3 is 0 Å². The van der Waals surface area contributed by atoms with E-state index in [2.05, 4.69) is 4.90 Å². The maximum Gasteiger partial charge on any atom is 0.244 e. The number of aliphatic hydroxyl groups excluding tert-OH is 1. The van der Waals surface area contributed by atoms with E-state index >= 15 is 0 Å². The second-order valence-electron chi connectivity index (χ2n) is 7.04. The third-order valence-corrected chi connectivity index (χ3v) is 8.24. The monoisotopic (exact) mass is 392 g/mol. The number of β-amino-alcohol motifs (C(OH)–C–C–N with tert-alkyl or cyclic N) is 1. The Hall–Kier alpha value is -1.60. The number of para-hydroxylation sites is 1. The number of benzene rings is 2. The number of anilines is 1. The Morgan fingerprint density at radius 1 is 1.15 bits per heavy atom. The van der Waals surface area contributed by atoms with Crippen molar-refractivity contribution in [3.63, 3.8) is 0 Å². The first-order chi connectivity index (χ1) is 12.4. The summed E-state index contributed by atoms with van der Waals surface area (Å²) in [4.78, 5) is 2.08. The zero-order chi connectivity index (χ0) is 18.4. The molecule has 0 aromatic heterocycles. The quantitative estimate of drug-likeness (QED) is 0.871. The van der Waals surface area contributed by atoms with Crippen LogP contribution in [0, 0.1) is 0 Å². The van der Waals surface area contributed by atoms with Crippen LogP contribution in [0.5, 0.6) is 0 Å². The van der Waals surface area contributed by atoms with Crippen molar-refractivity contribution in [3.8, 4) is 0 Å². The van der Waals surface area contributed by atoms with E-state index in [0.717, 1.165) is 5.56 Å². The highest BCUT2D eigenvalue weighted by Crippen LogP contribution is 2.43. The lowest BCUT2D eigenvalue weighted by Crippen LogP contribution is -2.47. The van der Waals surface area contributed by atoms with Crippen LogP contribution in [-0.4, -0.2) is 48.9 Å². The summed E-state index contributed by atoms with van der Waals surface area (Å²) in [6.07, 6.45) is -0.475. The summed E-state index contributed by atoms with van der Waals surface area (Å²) < 4.78 is 26.8. The fourth-order valence-electron chi connectivity index (χ4n) is 4.05. The van der Waals surface area contributed by atoms with Gasteiger partial charge in [0.05, 0.1) is 18.3 Å². The zero-order valence-corrected chi connectivity index (χ0v) is 15.8. The molecule has 2 aliphatic heterocycles. The first-order valence-corrected chi connectivity index (χ1v) is 10.5. The van der Waals surface area contributed by atoms with Gasteiger partial charge in [-0.25, -0.2) is 8.42 Å². The van der Waals surface area contributed by atoms with Crippen LogP contribution in [0.2, 0.25) is 5.02 Å². The van der Waals surface area contributed by atoms with Crippen molar-refractivity contribution in [1.29, 1.82) is 0 Å². The van der Waals surface area contributed by atoms with Crippen LogP contribution in [0.3, 0.4) is 0 Å². The number of aliphatic hydroxyl groups is 1. The summed E-state index contributed by atoms with van der Waals surface area (Å²) in [6.45, 7) is 1.69. The minimum Gasteiger partial charge on any atom is -0.389 e. The second kappa shape index (κ2) is 6.53. The Bertz CT molecular complexity index is 906. The van der Waals surface area contributed by atoms with Crippen molar-refractivity contribution in [2.45, 2.75) is 23.8 Å². The predicted octanol–water partition coefficient (Wildman–Crippen LogP) is 2.50. The van der Waals surface area contributed by atoms with Gasteiger partial charge in [0.15, 0.2) is 0 Å². The molecule has 2 fully saturated rings. The molecule has 1 spiro atoms. The van der Waals surface area contributed by atoms with E-state index < -0.39 is 20.9 Å². The summed E-state index contributed by atoms with van der Waals surface area (Å²) >= 11 is 6.05. The average Bonchev–Trinajstić information content (AvgIpc) is 3.12. The van der Waals surface area contributed by atoms with Crippen molar-refractivity contribution in [3.05, 3.63) is 65.2 Å². The molecule has 1 N–H and O–H groups in total. The van der Waals surface area contributed by atoms with Gasteiger partial charge in [-0.3, -0.25) is 9.21 Å². The minimum absolute atomic E-state index is 0.108. The Labute approximate surface area is 158 Å². The number of halogens is 1. The highest BCUT2D eigenvalue weighted by atomic mass is 35.5. The topological polar surface area (TPSA) is 60.9 Å². The van der Waals surface area contributed by atoms with Crippen molar-refractivity contribution >= 4 is 27.3 Å². The largest absolute Gasteiger partial charge is 0.389 e. The van der Waals surface area contributed by atoms with Crippen molar-refractivity contribution in [2.24, 2.45) is 0 Å². The van der Waals surface area contributed by atoms with Gasteiger partial charge in [0.1, 0.15) is 4.75 Å². The van der Waals surface area contributed by atoms with Gasteiger partial charge in [0.2, 0.25) is 10.0 Å². The van der Waals surface area contributed by atoms with Crippen molar-refractivity contribution in [1.82, 2.24) is 4.90 Å². The van der Waals surface area contributed by atoms with Gasteiger partial charge in [-0.2, -0.15) is 0 Å². The first kappa shape index (κ1) is 17.8. The molecule has 138 valence electrons. The van der Waals surface area contributed by atoms with Gasteiger partial charge in [0.25, 0.3) is 0 Å². The molecular formula is C19H21ClN2O3S. The molecule has 2 saturated heterocycles. The maximum absolute atomic E-state index is 13.3. The van der Waals surface area contributed by atoms with Crippen LogP contribution < -0.4 is 4.31 Å². The number of hydrogen-bond acceptors (Lipinski definition) is 4. The van der Waals surface area contributed by atoms with E-state index in [-0.39, 0.29) is 6.54 Å². The van der Waals surface area contributed by atoms with Crippen LogP contribution in [0.1, 0.15) is 12.0 Å². The van der Waals surface area contributed by atoms with E-state index in [9.17, 15) is 13.5 Å². The molecule has 0 radical (unpaired) electrons. The number of rotatable bonds is 3. The highest BCUT2D eigenvalue weighted by Gasteiger charge is 2.61. The Morgan fingerprint density at radius 3 is 2.65 bits per heavy atom. The van der Waals surface area contributed by atoms with Crippen LogP contribution in [-0.2, 0) is 16.6 Å². The number of sulfonamides is 1. The molecule has 4 rings (SSSR count). The van der Waals surface area contributed by atoms with Gasteiger partial charge in [-0.1, -0.05) is 41.9 Å². The molecule has 2 aromatic carbocycles. The SMILES string of the molecule is O=S1(=O)N(c2ccccc2)C[C@H](O)C12CCN(Cc1cccc(Cl)c1)C2. The van der Waals surface area contributed by atoms with Crippen LogP contribution in [0.15, 0.2) is 54.6 Å². The first-order valence-electron chi connectivity index (χ1n) is 8.65. The molecule has 2 aromatic rings. The summed E-state index contributed by atoms with van der Waals surface area (Å²) in [5.74, 6) is 0. The maximum atomic E-state index is 13.3. The normalized spacial score (nSPS) is 28.1. The smallest absolute Gasteiger partial charge is 0.244 e. The van der Waals surface area contributed by atoms with Crippen LogP contribution in [0.4, 0.5) is 5.69 Å². The van der Waals surface area contributed by atoms with E-state index in [1.165, 1.54) is 4.31 Å². The molecule has 1 unspecified atom stereocenters. The summed E-state index contributed by atoms with van der Waals surface area (Å²) in [5, 5.41) is 11.4. The van der Waals surface area contributed by atoms with Gasteiger partial charge in [0, 0.05) is 24.7 Å². The molecule has 0 amide bonds. The van der Waals surface area contributed by atoms with Gasteiger partial charge < -0.3 is 5.11 Å². The average molecular weight is 393 g/mol. The Kier molecular flexibility index (Phi) is 4.47. The van der Waals surface area contributed by atoms with E-state index in [4.69, 9.17) is 11.6 Å². The molecule has 26 heavy (non-hydrogen) atoms. The third-order valence-electron chi connectivity index (χ3n) is 5.43. The lowest BCUT2D eigenvalue weighted by atomic mass is 10.0. The van der Waals surface area contributed by atoms with E-state index in [1.807, 2.05) is 42.5 Å². The summed E-state index contributed by atoms with van der Waals surface area (Å²) in [5.41, 5.74) is 1.65. The van der Waals surface area contributed by atoms with Crippen molar-refractivity contribution < 1.29 is 13.5 Å². The number of hydrogen-bond donors (Lipinski definition) is 1. The molecule has 0 bridgehead atoms. The Morgan fingerprint density at radius 2 is 1.92 bits per heavy atom. The van der Waals surface area contributed by atoms with Gasteiger partial charge in [-0.05, 0) is 36.2 Å². The fourth-order valence-corrected chi connectivity index (χ4v) is 6.55. The summed E-state index contributed by atoms with van der Waals surface area (Å²) in [6, 6.07) is 16.6. The molecule has 0 saturated carbocycles. The molecule has 2 heterocycles. The highest BCUT2D eigenvalue weighted by molar-refractivity contribution is 7.94. The lowest BCUT2D eigenvalue weighted by Gasteiger charge is -2.27. The molecule has 5 nitrogen and oxygen atoms in total. The predicted molar refractivity (Wildman–Crippen MR) is 103 cm³/mol. The van der Waals surface area contributed by atoms with E-state index in [1.54, 1.807) is 12.1 Å². The zero-order valence-electron chi connectivity index (χ0n) is 14.3. The third kappa shape index (κ3) is 2.81. The van der Waals surface area contributed by atoms with Gasteiger partial charge in [-0.15, -0.1) is 0 Å². The minimum atomic E-state index is -3.65. The Balaban J connectivity index is 1.59. The van der Waals surface area contributed by atoms with Crippen LogP contribution >= 0.6 is 11.6 Å².